The van der Waals surface area contributed by atoms with E-state index in [1.54, 1.807) is 11.3 Å². The van der Waals surface area contributed by atoms with Crippen LogP contribution in [-0.2, 0) is 9.59 Å². The van der Waals surface area contributed by atoms with Crippen molar-refractivity contribution >= 4 is 34.5 Å². The maximum absolute atomic E-state index is 12.0. The average molecular weight is 406 g/mol. The van der Waals surface area contributed by atoms with Crippen molar-refractivity contribution in [3.05, 3.63) is 53.9 Å². The first kappa shape index (κ1) is 19.3. The molecule has 2 amide bonds. The van der Waals surface area contributed by atoms with Crippen molar-refractivity contribution in [1.29, 1.82) is 0 Å². The molecule has 2 N–H and O–H groups in total. The molecule has 0 unspecified atom stereocenters. The minimum atomic E-state index is -0.0550. The first-order valence-corrected chi connectivity index (χ1v) is 10.7. The Hall–Kier alpha value is -2.99. The standard InChI is InChI=1S/C23H23N3O2S/c1-14(2)21(27)24-18-10-8-15(9-11-18)20-13-29-23(26-20)17-4-3-5-19(12-17)25-22(28)16-6-7-16/h3-5,8-14,16H,6-7H2,1-2H3,(H,24,27)(H,25,28). The number of amides is 2. The fourth-order valence-corrected chi connectivity index (χ4v) is 3.70. The smallest absolute Gasteiger partial charge is 0.227 e. The fourth-order valence-electron chi connectivity index (χ4n) is 2.87. The predicted molar refractivity (Wildman–Crippen MR) is 118 cm³/mol. The highest BCUT2D eigenvalue weighted by molar-refractivity contribution is 7.13. The van der Waals surface area contributed by atoms with Crippen LogP contribution >= 0.6 is 11.3 Å². The highest BCUT2D eigenvalue weighted by Crippen LogP contribution is 2.32. The highest BCUT2D eigenvalue weighted by Gasteiger charge is 2.29. The maximum Gasteiger partial charge on any atom is 0.227 e. The van der Waals surface area contributed by atoms with E-state index in [9.17, 15) is 9.59 Å². The monoisotopic (exact) mass is 405 g/mol. The molecule has 1 saturated carbocycles. The van der Waals surface area contributed by atoms with E-state index in [0.29, 0.717) is 0 Å². The quantitative estimate of drug-likeness (QED) is 0.575. The minimum Gasteiger partial charge on any atom is -0.326 e. The van der Waals surface area contributed by atoms with Gasteiger partial charge in [-0.05, 0) is 37.1 Å². The second-order valence-electron chi connectivity index (χ2n) is 7.60. The Morgan fingerprint density at radius 3 is 2.45 bits per heavy atom. The van der Waals surface area contributed by atoms with Crippen LogP contribution in [0.2, 0.25) is 0 Å². The van der Waals surface area contributed by atoms with Gasteiger partial charge in [0, 0.05) is 39.7 Å². The van der Waals surface area contributed by atoms with Crippen molar-refractivity contribution in [3.63, 3.8) is 0 Å². The van der Waals surface area contributed by atoms with Crippen LogP contribution in [0.15, 0.2) is 53.9 Å². The molecule has 1 aliphatic rings. The van der Waals surface area contributed by atoms with E-state index in [0.717, 1.165) is 46.0 Å². The molecule has 1 aromatic heterocycles. The van der Waals surface area contributed by atoms with Crippen LogP contribution in [0.5, 0.6) is 0 Å². The van der Waals surface area contributed by atoms with E-state index in [4.69, 9.17) is 4.98 Å². The summed E-state index contributed by atoms with van der Waals surface area (Å²) >= 11 is 1.57. The zero-order valence-corrected chi connectivity index (χ0v) is 17.3. The maximum atomic E-state index is 12.0. The number of aromatic nitrogens is 1. The van der Waals surface area contributed by atoms with Crippen LogP contribution in [0, 0.1) is 11.8 Å². The van der Waals surface area contributed by atoms with Crippen molar-refractivity contribution < 1.29 is 9.59 Å². The second kappa shape index (κ2) is 8.17. The Bertz CT molecular complexity index is 1040. The number of carbonyl (C=O) groups excluding carboxylic acids is 2. The average Bonchev–Trinajstić information content (AvgIpc) is 3.46. The molecular formula is C23H23N3O2S. The Kier molecular flexibility index (Phi) is 5.45. The molecule has 6 heteroatoms. The third-order valence-corrected chi connectivity index (χ3v) is 5.69. The van der Waals surface area contributed by atoms with E-state index in [1.165, 1.54) is 0 Å². The van der Waals surface area contributed by atoms with Gasteiger partial charge in [-0.25, -0.2) is 4.98 Å². The lowest BCUT2D eigenvalue weighted by atomic mass is 10.1. The minimum absolute atomic E-state index is 0.00218. The van der Waals surface area contributed by atoms with Crippen molar-refractivity contribution in [2.45, 2.75) is 26.7 Å². The van der Waals surface area contributed by atoms with Crippen molar-refractivity contribution in [2.75, 3.05) is 10.6 Å². The Morgan fingerprint density at radius 1 is 1.00 bits per heavy atom. The number of nitrogens with zero attached hydrogens (tertiary/aromatic N) is 1. The van der Waals surface area contributed by atoms with Crippen LogP contribution in [0.3, 0.4) is 0 Å². The van der Waals surface area contributed by atoms with Gasteiger partial charge in [0.25, 0.3) is 0 Å². The molecule has 148 valence electrons. The first-order chi connectivity index (χ1) is 14.0. The van der Waals surface area contributed by atoms with Gasteiger partial charge in [0.1, 0.15) is 5.01 Å². The molecule has 0 bridgehead atoms. The SMILES string of the molecule is CC(C)C(=O)Nc1ccc(-c2csc(-c3cccc(NC(=O)C4CC4)c3)n2)cc1. The van der Waals surface area contributed by atoms with Gasteiger partial charge < -0.3 is 10.6 Å². The van der Waals surface area contributed by atoms with Crippen molar-refractivity contribution in [3.8, 4) is 21.8 Å². The summed E-state index contributed by atoms with van der Waals surface area (Å²) in [6, 6.07) is 15.5. The van der Waals surface area contributed by atoms with Crippen LogP contribution < -0.4 is 10.6 Å². The van der Waals surface area contributed by atoms with Crippen molar-refractivity contribution in [1.82, 2.24) is 4.98 Å². The lowest BCUT2D eigenvalue weighted by molar-refractivity contribution is -0.119. The van der Waals surface area contributed by atoms with Gasteiger partial charge in [0.2, 0.25) is 11.8 Å². The topological polar surface area (TPSA) is 71.1 Å². The molecule has 0 saturated heterocycles. The third-order valence-electron chi connectivity index (χ3n) is 4.80. The van der Waals surface area contributed by atoms with Gasteiger partial charge in [-0.1, -0.05) is 38.1 Å². The van der Waals surface area contributed by atoms with Gasteiger partial charge in [-0.15, -0.1) is 11.3 Å². The summed E-state index contributed by atoms with van der Waals surface area (Å²) in [7, 11) is 0. The summed E-state index contributed by atoms with van der Waals surface area (Å²) in [5.74, 6) is 0.230. The van der Waals surface area contributed by atoms with Crippen LogP contribution in [0.1, 0.15) is 26.7 Å². The Labute approximate surface area is 174 Å². The van der Waals surface area contributed by atoms with E-state index in [1.807, 2.05) is 67.8 Å². The molecule has 3 aromatic rings. The molecule has 0 spiro atoms. The molecule has 5 nitrogen and oxygen atoms in total. The Morgan fingerprint density at radius 2 is 1.76 bits per heavy atom. The lowest BCUT2D eigenvalue weighted by Gasteiger charge is -2.08. The molecular weight excluding hydrogens is 382 g/mol. The highest BCUT2D eigenvalue weighted by atomic mass is 32.1. The molecule has 0 atom stereocenters. The van der Waals surface area contributed by atoms with Gasteiger partial charge in [-0.2, -0.15) is 0 Å². The molecule has 4 rings (SSSR count). The number of rotatable bonds is 6. The largest absolute Gasteiger partial charge is 0.326 e. The van der Waals surface area contributed by atoms with Gasteiger partial charge in [0.05, 0.1) is 5.69 Å². The summed E-state index contributed by atoms with van der Waals surface area (Å²) in [5, 5.41) is 8.80. The number of nitrogens with one attached hydrogen (secondary N) is 2. The molecule has 1 aliphatic carbocycles. The molecule has 2 aromatic carbocycles. The summed E-state index contributed by atoms with van der Waals surface area (Å²) in [6.07, 6.45) is 1.97. The number of thiazole rings is 1. The molecule has 1 fully saturated rings. The van der Waals surface area contributed by atoms with Gasteiger partial charge in [0.15, 0.2) is 0 Å². The summed E-state index contributed by atoms with van der Waals surface area (Å²) in [4.78, 5) is 28.6. The van der Waals surface area contributed by atoms with Gasteiger partial charge >= 0.3 is 0 Å². The predicted octanol–water partition coefficient (Wildman–Crippen LogP) is 5.42. The normalized spacial score (nSPS) is 13.3. The second-order valence-corrected chi connectivity index (χ2v) is 8.46. The van der Waals surface area contributed by atoms with Crippen molar-refractivity contribution in [2.24, 2.45) is 11.8 Å². The first-order valence-electron chi connectivity index (χ1n) is 9.78. The zero-order valence-electron chi connectivity index (χ0n) is 16.4. The lowest BCUT2D eigenvalue weighted by Crippen LogP contribution is -2.17. The summed E-state index contributed by atoms with van der Waals surface area (Å²) in [5.41, 5.74) is 4.45. The zero-order chi connectivity index (χ0) is 20.4. The molecule has 29 heavy (non-hydrogen) atoms. The molecule has 0 radical (unpaired) electrons. The molecule has 1 heterocycles. The number of hydrogen-bond acceptors (Lipinski definition) is 4. The number of benzene rings is 2. The number of anilines is 2. The summed E-state index contributed by atoms with van der Waals surface area (Å²) < 4.78 is 0. The summed E-state index contributed by atoms with van der Waals surface area (Å²) in [6.45, 7) is 3.74. The fraction of sp³-hybridized carbons (Fsp3) is 0.261. The van der Waals surface area contributed by atoms with E-state index < -0.39 is 0 Å². The van der Waals surface area contributed by atoms with E-state index in [-0.39, 0.29) is 23.7 Å². The van der Waals surface area contributed by atoms with E-state index in [2.05, 4.69) is 10.6 Å². The van der Waals surface area contributed by atoms with Crippen LogP contribution in [0.25, 0.3) is 21.8 Å². The molecule has 0 aliphatic heterocycles. The third kappa shape index (κ3) is 4.71. The van der Waals surface area contributed by atoms with Crippen LogP contribution in [0.4, 0.5) is 11.4 Å². The number of hydrogen-bond donors (Lipinski definition) is 2. The van der Waals surface area contributed by atoms with E-state index >= 15 is 0 Å². The Balaban J connectivity index is 1.48. The van der Waals surface area contributed by atoms with Crippen LogP contribution in [-0.4, -0.2) is 16.8 Å². The number of carbonyl (C=O) groups is 2. The van der Waals surface area contributed by atoms with Gasteiger partial charge in [-0.3, -0.25) is 9.59 Å².